The molecule has 0 heterocycles. The average Bonchev–Trinajstić information content (AvgIpc) is 1.12. The summed E-state index contributed by atoms with van der Waals surface area (Å²) >= 11 is 0. The first kappa shape index (κ1) is 23.0. The molecule has 2 radical (unpaired) electrons. The molecule has 0 bridgehead atoms. The smallest absolute Gasteiger partial charge is 0.759 e. The van der Waals surface area contributed by atoms with Gasteiger partial charge in [-0.2, -0.15) is 0 Å². The summed E-state index contributed by atoms with van der Waals surface area (Å²) in [7, 11) is -10.3. The fourth-order valence-corrected chi connectivity index (χ4v) is 0. The third-order valence-corrected chi connectivity index (χ3v) is 0. The van der Waals surface area contributed by atoms with Crippen molar-refractivity contribution in [3.63, 3.8) is 0 Å². The fourth-order valence-electron chi connectivity index (χ4n) is 0. The Morgan fingerprint density at radius 3 is 0.667 bits per heavy atom. The second-order valence-electron chi connectivity index (χ2n) is 0.816. The third kappa shape index (κ3) is 1700. The van der Waals surface area contributed by atoms with Crippen LogP contribution in [0.15, 0.2) is 0 Å². The van der Waals surface area contributed by atoms with Gasteiger partial charge in [0.15, 0.2) is 0 Å². The van der Waals surface area contributed by atoms with Crippen LogP contribution in [0.25, 0.3) is 0 Å². The van der Waals surface area contributed by atoms with Crippen molar-refractivity contribution in [3.05, 3.63) is 0 Å². The molecule has 8 nitrogen and oxygen atoms in total. The molecule has 12 heavy (non-hydrogen) atoms. The molecule has 78 valence electrons. The average molecular weight is 311 g/mol. The van der Waals surface area contributed by atoms with Crippen molar-refractivity contribution in [2.75, 3.05) is 0 Å². The summed E-state index contributed by atoms with van der Waals surface area (Å²) in [6, 6.07) is 0. The molecule has 12 heteroatoms. The summed E-state index contributed by atoms with van der Waals surface area (Å²) in [5.74, 6) is 0. The van der Waals surface area contributed by atoms with E-state index in [1.165, 1.54) is 0 Å². The van der Waals surface area contributed by atoms with Crippen molar-refractivity contribution in [2.24, 2.45) is 0 Å². The predicted octanol–water partition coefficient (Wildman–Crippen LogP) is -2.68. The molecule has 0 aromatic heterocycles. The molecule has 0 saturated carbocycles. The molecule has 0 fully saturated rings. The first-order valence-corrected chi connectivity index (χ1v) is 4.00. The Bertz CT molecular complexity index is 213. The van der Waals surface area contributed by atoms with E-state index in [1.807, 2.05) is 0 Å². The zero-order valence-electron chi connectivity index (χ0n) is 4.76. The van der Waals surface area contributed by atoms with E-state index in [2.05, 4.69) is 0 Å². The topological polar surface area (TPSA) is 161 Å². The molecule has 0 amide bonds. The molecule has 0 atom stereocenters. The molecule has 0 aliphatic heterocycles. The van der Waals surface area contributed by atoms with E-state index in [4.69, 9.17) is 35.0 Å². The van der Waals surface area contributed by atoms with Gasteiger partial charge in [-0.25, -0.2) is 0 Å². The van der Waals surface area contributed by atoms with Crippen LogP contribution in [0.1, 0.15) is 0 Å². The van der Waals surface area contributed by atoms with Crippen LogP contribution in [0.3, 0.4) is 0 Å². The van der Waals surface area contributed by atoms with Crippen molar-refractivity contribution in [1.29, 1.82) is 0 Å². The predicted molar refractivity (Wildman–Crippen MR) is 20.9 cm³/mol. The molecular formula is CuMnO8S2. The molecule has 0 spiro atoms. The Hall–Kier alpha value is 0.779. The first-order chi connectivity index (χ1) is 4.00. The molecule has 0 saturated heterocycles. The van der Waals surface area contributed by atoms with Gasteiger partial charge in [0.2, 0.25) is 0 Å². The van der Waals surface area contributed by atoms with E-state index in [9.17, 15) is 0 Å². The molecule has 0 rings (SSSR count). The van der Waals surface area contributed by atoms with Crippen LogP contribution >= 0.6 is 0 Å². The van der Waals surface area contributed by atoms with E-state index in [1.54, 1.807) is 0 Å². The Labute approximate surface area is 89.8 Å². The van der Waals surface area contributed by atoms with Gasteiger partial charge in [-0.05, 0) is 0 Å². The van der Waals surface area contributed by atoms with Gasteiger partial charge in [-0.15, -0.1) is 0 Å². The standard InChI is InChI=1S/Cu.Mn.2H2O4S/c;;2*1-5(2,3)4/h;;2*(H2,1,2,3,4)/q2*+2;;/p-4. The van der Waals surface area contributed by atoms with Crippen molar-refractivity contribution < 1.29 is 69.2 Å². The minimum atomic E-state index is -5.17. The van der Waals surface area contributed by atoms with Crippen molar-refractivity contribution in [1.82, 2.24) is 0 Å². The molecule has 0 aromatic rings. The Kier molecular flexibility index (Phi) is 16.1. The largest absolute Gasteiger partial charge is 2.00 e. The van der Waals surface area contributed by atoms with Crippen LogP contribution in [0.5, 0.6) is 0 Å². The van der Waals surface area contributed by atoms with Gasteiger partial charge in [-0.1, -0.05) is 0 Å². The van der Waals surface area contributed by atoms with Crippen molar-refractivity contribution >= 4 is 20.8 Å². The molecule has 0 unspecified atom stereocenters. The van der Waals surface area contributed by atoms with Gasteiger partial charge >= 0.3 is 34.1 Å². The third-order valence-electron chi connectivity index (χ3n) is 0. The maximum absolute atomic E-state index is 8.52. The molecule has 0 aliphatic rings. The van der Waals surface area contributed by atoms with Gasteiger partial charge in [0.1, 0.15) is 0 Å². The van der Waals surface area contributed by atoms with Gasteiger partial charge in [0.25, 0.3) is 0 Å². The quantitative estimate of drug-likeness (QED) is 0.265. The SMILES string of the molecule is O=S(=O)([O-])[O-].O=S(=O)([O-])[O-].[Cu+2].[Mn+2]. The summed E-state index contributed by atoms with van der Waals surface area (Å²) in [5.41, 5.74) is 0. The van der Waals surface area contributed by atoms with Crippen LogP contribution in [-0.4, -0.2) is 35.0 Å². The fraction of sp³-hybridized carbons (Fsp3) is 0. The van der Waals surface area contributed by atoms with Crippen molar-refractivity contribution in [2.45, 2.75) is 0 Å². The van der Waals surface area contributed by atoms with Gasteiger partial charge < -0.3 is 18.2 Å². The summed E-state index contributed by atoms with van der Waals surface area (Å²) in [6.45, 7) is 0. The van der Waals surface area contributed by atoms with E-state index < -0.39 is 20.8 Å². The number of hydrogen-bond donors (Lipinski definition) is 0. The van der Waals surface area contributed by atoms with E-state index in [0.29, 0.717) is 0 Å². The number of rotatable bonds is 0. The molecule has 0 aromatic carbocycles. The van der Waals surface area contributed by atoms with Crippen LogP contribution < -0.4 is 0 Å². The van der Waals surface area contributed by atoms with E-state index >= 15 is 0 Å². The zero-order valence-corrected chi connectivity index (χ0v) is 8.52. The monoisotopic (exact) mass is 310 g/mol. The minimum absolute atomic E-state index is 0. The van der Waals surface area contributed by atoms with Crippen LogP contribution in [0, 0.1) is 0 Å². The first-order valence-electron chi connectivity index (χ1n) is 1.33. The Balaban J connectivity index is -0.0000000457. The van der Waals surface area contributed by atoms with Crippen LogP contribution in [0.2, 0.25) is 0 Å². The maximum atomic E-state index is 8.52. The normalized spacial score (nSPS) is 9.67. The van der Waals surface area contributed by atoms with Crippen molar-refractivity contribution in [3.8, 4) is 0 Å². The molecular weight excluding hydrogens is 311 g/mol. The second-order valence-corrected chi connectivity index (χ2v) is 2.45. The maximum Gasteiger partial charge on any atom is 2.00 e. The van der Waals surface area contributed by atoms with Crippen LogP contribution in [0.4, 0.5) is 0 Å². The minimum Gasteiger partial charge on any atom is -0.759 e. The van der Waals surface area contributed by atoms with E-state index in [0.717, 1.165) is 0 Å². The summed E-state index contributed by atoms with van der Waals surface area (Å²) in [4.78, 5) is 0. The van der Waals surface area contributed by atoms with Gasteiger partial charge in [0, 0.05) is 20.8 Å². The van der Waals surface area contributed by atoms with Gasteiger partial charge in [-0.3, -0.25) is 16.8 Å². The molecule has 0 N–H and O–H groups in total. The Morgan fingerprint density at radius 1 is 0.667 bits per heavy atom. The van der Waals surface area contributed by atoms with Gasteiger partial charge in [0.05, 0.1) is 0 Å². The van der Waals surface area contributed by atoms with Crippen LogP contribution in [-0.2, 0) is 54.9 Å². The number of hydrogen-bond acceptors (Lipinski definition) is 8. The summed E-state index contributed by atoms with van der Waals surface area (Å²) in [5, 5.41) is 0. The Morgan fingerprint density at radius 2 is 0.667 bits per heavy atom. The summed E-state index contributed by atoms with van der Waals surface area (Å²) in [6.07, 6.45) is 0. The zero-order chi connectivity index (χ0) is 9.00. The van der Waals surface area contributed by atoms with E-state index in [-0.39, 0.29) is 34.1 Å². The molecule has 0 aliphatic carbocycles. The summed E-state index contributed by atoms with van der Waals surface area (Å²) < 4.78 is 68.2. The second kappa shape index (κ2) is 8.38.